The van der Waals surface area contributed by atoms with Crippen LogP contribution in [-0.2, 0) is 11.3 Å². The van der Waals surface area contributed by atoms with E-state index in [0.29, 0.717) is 12.0 Å². The average Bonchev–Trinajstić information content (AvgIpc) is 2.41. The first-order valence-electron chi connectivity index (χ1n) is 7.19. The summed E-state index contributed by atoms with van der Waals surface area (Å²) >= 11 is 0. The van der Waals surface area contributed by atoms with Crippen molar-refractivity contribution >= 4 is 0 Å². The highest BCUT2D eigenvalue weighted by Gasteiger charge is 2.28. The molecule has 0 bridgehead atoms. The zero-order valence-corrected chi connectivity index (χ0v) is 12.0. The van der Waals surface area contributed by atoms with Crippen LogP contribution >= 0.6 is 0 Å². The molecule has 1 aliphatic rings. The summed E-state index contributed by atoms with van der Waals surface area (Å²) in [6, 6.07) is 11.0. The normalized spacial score (nSPS) is 24.8. The monoisotopic (exact) mass is 263 g/mol. The maximum absolute atomic E-state index is 9.29. The molecule has 1 saturated heterocycles. The molecule has 1 aliphatic heterocycles. The van der Waals surface area contributed by atoms with Gasteiger partial charge < -0.3 is 9.84 Å². The Morgan fingerprint density at radius 2 is 2.05 bits per heavy atom. The Morgan fingerprint density at radius 3 is 2.68 bits per heavy atom. The van der Waals surface area contributed by atoms with Crippen molar-refractivity contribution < 1.29 is 9.84 Å². The zero-order valence-electron chi connectivity index (χ0n) is 12.0. The maximum Gasteiger partial charge on any atom is 0.0933 e. The first-order chi connectivity index (χ1) is 9.19. The van der Waals surface area contributed by atoms with Crippen molar-refractivity contribution in [2.45, 2.75) is 39.0 Å². The molecule has 2 atom stereocenters. The van der Waals surface area contributed by atoms with Gasteiger partial charge in [0.05, 0.1) is 19.3 Å². The van der Waals surface area contributed by atoms with Crippen molar-refractivity contribution in [1.29, 1.82) is 0 Å². The van der Waals surface area contributed by atoms with E-state index in [4.69, 9.17) is 4.74 Å². The van der Waals surface area contributed by atoms with Gasteiger partial charge in [-0.25, -0.2) is 0 Å². The molecule has 1 fully saturated rings. The van der Waals surface area contributed by atoms with E-state index in [1.54, 1.807) is 0 Å². The lowest BCUT2D eigenvalue weighted by Crippen LogP contribution is -2.50. The van der Waals surface area contributed by atoms with E-state index in [2.05, 4.69) is 43.0 Å². The van der Waals surface area contributed by atoms with Crippen molar-refractivity contribution in [2.24, 2.45) is 5.92 Å². The minimum absolute atomic E-state index is 0.0351. The van der Waals surface area contributed by atoms with Crippen molar-refractivity contribution in [2.75, 3.05) is 19.8 Å². The number of hydrogen-bond acceptors (Lipinski definition) is 3. The van der Waals surface area contributed by atoms with E-state index in [9.17, 15) is 5.11 Å². The highest BCUT2D eigenvalue weighted by molar-refractivity contribution is 5.14. The summed E-state index contributed by atoms with van der Waals surface area (Å²) in [6.45, 7) is 7.11. The highest BCUT2D eigenvalue weighted by Crippen LogP contribution is 2.20. The smallest absolute Gasteiger partial charge is 0.0933 e. The van der Waals surface area contributed by atoms with Gasteiger partial charge in [0, 0.05) is 19.1 Å². The van der Waals surface area contributed by atoms with Gasteiger partial charge >= 0.3 is 0 Å². The molecular formula is C16H25NO2. The molecule has 19 heavy (non-hydrogen) atoms. The summed E-state index contributed by atoms with van der Waals surface area (Å²) in [5, 5.41) is 9.29. The number of nitrogens with zero attached hydrogens (tertiary/aromatic N) is 1. The van der Waals surface area contributed by atoms with E-state index >= 15 is 0 Å². The highest BCUT2D eigenvalue weighted by atomic mass is 16.5. The second kappa shape index (κ2) is 7.04. The Hall–Kier alpha value is -0.900. The quantitative estimate of drug-likeness (QED) is 0.885. The van der Waals surface area contributed by atoms with Gasteiger partial charge in [-0.1, -0.05) is 44.2 Å². The molecule has 2 rings (SSSR count). The fourth-order valence-electron chi connectivity index (χ4n) is 2.70. The second-order valence-corrected chi connectivity index (χ2v) is 5.84. The Labute approximate surface area is 116 Å². The SMILES string of the molecule is CC(C)C[C@H]1CO[C@@H](CO)CN1Cc1ccccc1. The predicted molar refractivity (Wildman–Crippen MR) is 76.9 cm³/mol. The maximum atomic E-state index is 9.29. The number of ether oxygens (including phenoxy) is 1. The van der Waals surface area contributed by atoms with Gasteiger partial charge in [-0.05, 0) is 17.9 Å². The van der Waals surface area contributed by atoms with Crippen LogP contribution in [0.15, 0.2) is 30.3 Å². The lowest BCUT2D eigenvalue weighted by Gasteiger charge is -2.40. The Bertz CT molecular complexity index is 366. The third-order valence-electron chi connectivity index (χ3n) is 3.65. The Morgan fingerprint density at radius 1 is 1.32 bits per heavy atom. The number of aliphatic hydroxyl groups is 1. The van der Waals surface area contributed by atoms with E-state index in [0.717, 1.165) is 26.1 Å². The Balaban J connectivity index is 2.02. The molecule has 106 valence electrons. The average molecular weight is 263 g/mol. The van der Waals surface area contributed by atoms with Crippen LogP contribution in [0.1, 0.15) is 25.8 Å². The second-order valence-electron chi connectivity index (χ2n) is 5.84. The lowest BCUT2D eigenvalue weighted by atomic mass is 10.0. The van der Waals surface area contributed by atoms with Crippen LogP contribution in [0.25, 0.3) is 0 Å². The van der Waals surface area contributed by atoms with Crippen LogP contribution in [0.3, 0.4) is 0 Å². The molecular weight excluding hydrogens is 238 g/mol. The molecule has 0 spiro atoms. The van der Waals surface area contributed by atoms with Crippen molar-refractivity contribution in [3.63, 3.8) is 0 Å². The van der Waals surface area contributed by atoms with Gasteiger partial charge in [0.2, 0.25) is 0 Å². The van der Waals surface area contributed by atoms with Crippen LogP contribution < -0.4 is 0 Å². The molecule has 0 saturated carbocycles. The van der Waals surface area contributed by atoms with E-state index < -0.39 is 0 Å². The van der Waals surface area contributed by atoms with E-state index in [1.807, 2.05) is 6.07 Å². The van der Waals surface area contributed by atoms with Crippen LogP contribution in [0.4, 0.5) is 0 Å². The number of benzene rings is 1. The molecule has 1 aromatic rings. The minimum Gasteiger partial charge on any atom is -0.394 e. The van der Waals surface area contributed by atoms with Gasteiger partial charge in [0.25, 0.3) is 0 Å². The van der Waals surface area contributed by atoms with Crippen LogP contribution in [0, 0.1) is 5.92 Å². The van der Waals surface area contributed by atoms with Crippen molar-refractivity contribution in [3.05, 3.63) is 35.9 Å². The summed E-state index contributed by atoms with van der Waals surface area (Å²) in [5.41, 5.74) is 1.33. The van der Waals surface area contributed by atoms with E-state index in [-0.39, 0.29) is 12.7 Å². The van der Waals surface area contributed by atoms with Crippen molar-refractivity contribution in [1.82, 2.24) is 4.90 Å². The molecule has 3 heteroatoms. The fraction of sp³-hybridized carbons (Fsp3) is 0.625. The van der Waals surface area contributed by atoms with Crippen LogP contribution in [0.2, 0.25) is 0 Å². The van der Waals surface area contributed by atoms with Crippen LogP contribution in [0.5, 0.6) is 0 Å². The first kappa shape index (κ1) is 14.5. The summed E-state index contributed by atoms with van der Waals surface area (Å²) in [5.74, 6) is 0.664. The summed E-state index contributed by atoms with van der Waals surface area (Å²) in [7, 11) is 0. The number of hydrogen-bond donors (Lipinski definition) is 1. The molecule has 0 radical (unpaired) electrons. The lowest BCUT2D eigenvalue weighted by molar-refractivity contribution is -0.0892. The third-order valence-corrected chi connectivity index (χ3v) is 3.65. The van der Waals surface area contributed by atoms with Crippen LogP contribution in [-0.4, -0.2) is 41.9 Å². The molecule has 1 heterocycles. The Kier molecular flexibility index (Phi) is 5.37. The molecule has 0 aromatic heterocycles. The number of aliphatic hydroxyl groups excluding tert-OH is 1. The number of rotatable bonds is 5. The summed E-state index contributed by atoms with van der Waals surface area (Å²) < 4.78 is 5.72. The van der Waals surface area contributed by atoms with Gasteiger partial charge in [-0.3, -0.25) is 4.90 Å². The first-order valence-corrected chi connectivity index (χ1v) is 7.19. The zero-order chi connectivity index (χ0) is 13.7. The largest absolute Gasteiger partial charge is 0.394 e. The van der Waals surface area contributed by atoms with Gasteiger partial charge in [0.1, 0.15) is 0 Å². The third kappa shape index (κ3) is 4.30. The topological polar surface area (TPSA) is 32.7 Å². The molecule has 3 nitrogen and oxygen atoms in total. The molecule has 0 unspecified atom stereocenters. The standard InChI is InChI=1S/C16H25NO2/c1-13(2)8-15-12-19-16(11-18)10-17(15)9-14-6-4-3-5-7-14/h3-7,13,15-16,18H,8-12H2,1-2H3/t15-,16+/m0/s1. The molecule has 0 aliphatic carbocycles. The molecule has 1 aromatic carbocycles. The summed E-state index contributed by atoms with van der Waals surface area (Å²) in [6.07, 6.45) is 1.11. The molecule has 0 amide bonds. The number of morpholine rings is 1. The predicted octanol–water partition coefficient (Wildman–Crippen LogP) is 2.29. The molecule has 1 N–H and O–H groups in total. The van der Waals surface area contributed by atoms with Crippen molar-refractivity contribution in [3.8, 4) is 0 Å². The van der Waals surface area contributed by atoms with Gasteiger partial charge in [0.15, 0.2) is 0 Å². The van der Waals surface area contributed by atoms with E-state index in [1.165, 1.54) is 5.56 Å². The minimum atomic E-state index is -0.0351. The van der Waals surface area contributed by atoms with Gasteiger partial charge in [-0.2, -0.15) is 0 Å². The fourth-order valence-corrected chi connectivity index (χ4v) is 2.70. The van der Waals surface area contributed by atoms with Gasteiger partial charge in [-0.15, -0.1) is 0 Å². The summed E-state index contributed by atoms with van der Waals surface area (Å²) in [4.78, 5) is 2.46.